The molecule has 0 rings (SSSR count). The van der Waals surface area contributed by atoms with E-state index in [0.29, 0.717) is 0 Å². The normalized spacial score (nSPS) is 18.9. The number of aliphatic hydroxyl groups excluding tert-OH is 5. The van der Waals surface area contributed by atoms with Gasteiger partial charge in [-0.2, -0.15) is 5.26 Å². The van der Waals surface area contributed by atoms with Crippen LogP contribution in [0.5, 0.6) is 0 Å². The van der Waals surface area contributed by atoms with E-state index in [-0.39, 0.29) is 13.1 Å². The van der Waals surface area contributed by atoms with Crippen LogP contribution in [0.2, 0.25) is 0 Å². The lowest BCUT2D eigenvalue weighted by Crippen LogP contribution is -2.49. The molecule has 0 aromatic carbocycles. The first-order valence-corrected chi connectivity index (χ1v) is 4.82. The molecule has 7 nitrogen and oxygen atoms in total. The summed E-state index contributed by atoms with van der Waals surface area (Å²) in [6.45, 7) is -0.661. The van der Waals surface area contributed by atoms with E-state index < -0.39 is 31.0 Å². The summed E-state index contributed by atoms with van der Waals surface area (Å²) in [7, 11) is 1.56. The first kappa shape index (κ1) is 15.2. The highest BCUT2D eigenvalue weighted by molar-refractivity contribution is 4.83. The Morgan fingerprint density at radius 3 is 2.06 bits per heavy atom. The number of rotatable bonds is 7. The molecule has 0 saturated heterocycles. The lowest BCUT2D eigenvalue weighted by atomic mass is 10.0. The van der Waals surface area contributed by atoms with Gasteiger partial charge in [-0.3, -0.25) is 4.90 Å². The summed E-state index contributed by atoms with van der Waals surface area (Å²) in [5, 5.41) is 54.2. The molecule has 4 atom stereocenters. The smallest absolute Gasteiger partial charge is 0.111 e. The number of hydrogen-bond acceptors (Lipinski definition) is 7. The Labute approximate surface area is 93.8 Å². The van der Waals surface area contributed by atoms with Gasteiger partial charge in [0, 0.05) is 6.54 Å². The van der Waals surface area contributed by atoms with Crippen molar-refractivity contribution in [3.63, 3.8) is 0 Å². The van der Waals surface area contributed by atoms with Crippen molar-refractivity contribution in [2.75, 3.05) is 26.7 Å². The molecule has 5 N–H and O–H groups in total. The molecule has 94 valence electrons. The van der Waals surface area contributed by atoms with Crippen LogP contribution in [0.4, 0.5) is 0 Å². The molecule has 0 heterocycles. The lowest BCUT2D eigenvalue weighted by Gasteiger charge is -2.27. The van der Waals surface area contributed by atoms with Gasteiger partial charge in [0.05, 0.1) is 25.3 Å². The van der Waals surface area contributed by atoms with Crippen molar-refractivity contribution in [2.24, 2.45) is 0 Å². The molecule has 16 heavy (non-hydrogen) atoms. The maximum atomic E-state index is 9.48. The van der Waals surface area contributed by atoms with Crippen molar-refractivity contribution >= 4 is 0 Å². The van der Waals surface area contributed by atoms with Crippen LogP contribution in [0.25, 0.3) is 0 Å². The van der Waals surface area contributed by atoms with Gasteiger partial charge in [-0.15, -0.1) is 0 Å². The summed E-state index contributed by atoms with van der Waals surface area (Å²) in [5.74, 6) is 0. The minimum atomic E-state index is -1.63. The SMILES string of the molecule is CN(CC#N)C[C@H](O)[C@H](O)[C@H](O)[C@H](O)CO. The maximum Gasteiger partial charge on any atom is 0.111 e. The average Bonchev–Trinajstić information content (AvgIpc) is 2.26. The Morgan fingerprint density at radius 2 is 1.62 bits per heavy atom. The van der Waals surface area contributed by atoms with Crippen LogP contribution in [0.15, 0.2) is 0 Å². The van der Waals surface area contributed by atoms with E-state index in [1.54, 1.807) is 7.05 Å². The van der Waals surface area contributed by atoms with Gasteiger partial charge >= 0.3 is 0 Å². The van der Waals surface area contributed by atoms with E-state index in [1.165, 1.54) is 4.90 Å². The summed E-state index contributed by atoms with van der Waals surface area (Å²) >= 11 is 0. The van der Waals surface area contributed by atoms with Crippen molar-refractivity contribution in [2.45, 2.75) is 24.4 Å². The highest BCUT2D eigenvalue weighted by Crippen LogP contribution is 2.06. The second-order valence-electron chi connectivity index (χ2n) is 3.65. The molecule has 0 aliphatic carbocycles. The molecule has 0 amide bonds. The summed E-state index contributed by atoms with van der Waals surface area (Å²) in [6.07, 6.45) is -6.03. The molecule has 0 aromatic rings. The molecule has 0 spiro atoms. The monoisotopic (exact) mass is 234 g/mol. The van der Waals surface area contributed by atoms with E-state index in [4.69, 9.17) is 15.5 Å². The Balaban J connectivity index is 4.17. The lowest BCUT2D eigenvalue weighted by molar-refractivity contribution is -0.118. The first-order valence-electron chi connectivity index (χ1n) is 4.82. The van der Waals surface area contributed by atoms with Crippen molar-refractivity contribution in [3.05, 3.63) is 0 Å². The molecule has 0 saturated carbocycles. The van der Waals surface area contributed by atoms with Crippen LogP contribution in [-0.2, 0) is 0 Å². The molecule has 0 aliphatic rings. The van der Waals surface area contributed by atoms with E-state index in [2.05, 4.69) is 0 Å². The first-order chi connectivity index (χ1) is 7.43. The molecule has 0 bridgehead atoms. The molecule has 0 fully saturated rings. The van der Waals surface area contributed by atoms with Gasteiger partial charge in [0.25, 0.3) is 0 Å². The maximum absolute atomic E-state index is 9.48. The predicted molar refractivity (Wildman–Crippen MR) is 54.2 cm³/mol. The van der Waals surface area contributed by atoms with E-state index in [0.717, 1.165) is 0 Å². The molecular weight excluding hydrogens is 216 g/mol. The minimum absolute atomic E-state index is 0.0239. The van der Waals surface area contributed by atoms with Gasteiger partial charge in [-0.25, -0.2) is 0 Å². The standard InChI is InChI=1S/C9H18N2O5/c1-11(3-2-10)4-6(13)8(15)9(16)7(14)5-12/h6-9,12-16H,3-5H2,1H3/t6-,7+,8-,9+/m0/s1. The molecule has 7 heteroatoms. The van der Waals surface area contributed by atoms with Crippen LogP contribution in [0.3, 0.4) is 0 Å². The van der Waals surface area contributed by atoms with Gasteiger partial charge < -0.3 is 25.5 Å². The number of hydrogen-bond donors (Lipinski definition) is 5. The zero-order chi connectivity index (χ0) is 12.7. The third-order valence-electron chi connectivity index (χ3n) is 2.16. The van der Waals surface area contributed by atoms with Crippen LogP contribution in [0, 0.1) is 11.3 Å². The molecular formula is C9H18N2O5. The van der Waals surface area contributed by atoms with Gasteiger partial charge in [0.15, 0.2) is 0 Å². The Bertz CT molecular complexity index is 232. The van der Waals surface area contributed by atoms with Crippen LogP contribution in [-0.4, -0.2) is 81.6 Å². The predicted octanol–water partition coefficient (Wildman–Crippen LogP) is -3.12. The fourth-order valence-corrected chi connectivity index (χ4v) is 1.18. The van der Waals surface area contributed by atoms with Crippen molar-refractivity contribution < 1.29 is 25.5 Å². The van der Waals surface area contributed by atoms with Crippen LogP contribution < -0.4 is 0 Å². The summed E-state index contributed by atoms with van der Waals surface area (Å²) in [6, 6.07) is 1.86. The van der Waals surface area contributed by atoms with E-state index in [9.17, 15) is 15.3 Å². The number of nitriles is 1. The van der Waals surface area contributed by atoms with Crippen LogP contribution in [0.1, 0.15) is 0 Å². The highest BCUT2D eigenvalue weighted by atomic mass is 16.4. The average molecular weight is 234 g/mol. The number of aliphatic hydroxyl groups is 5. The third-order valence-corrected chi connectivity index (χ3v) is 2.16. The zero-order valence-electron chi connectivity index (χ0n) is 9.06. The molecule has 0 radical (unpaired) electrons. The van der Waals surface area contributed by atoms with Crippen LogP contribution >= 0.6 is 0 Å². The van der Waals surface area contributed by atoms with Crippen molar-refractivity contribution in [1.29, 1.82) is 5.26 Å². The Kier molecular flexibility index (Phi) is 7.16. The van der Waals surface area contributed by atoms with Gasteiger partial charge in [0.2, 0.25) is 0 Å². The fraction of sp³-hybridized carbons (Fsp3) is 0.889. The number of likely N-dealkylation sites (N-methyl/N-ethyl adjacent to an activating group) is 1. The second kappa shape index (κ2) is 7.51. The molecule has 0 aliphatic heterocycles. The second-order valence-corrected chi connectivity index (χ2v) is 3.65. The molecule has 0 unspecified atom stereocenters. The fourth-order valence-electron chi connectivity index (χ4n) is 1.18. The van der Waals surface area contributed by atoms with Crippen molar-refractivity contribution in [3.8, 4) is 6.07 Å². The highest BCUT2D eigenvalue weighted by Gasteiger charge is 2.30. The third kappa shape index (κ3) is 4.85. The largest absolute Gasteiger partial charge is 0.394 e. The summed E-state index contributed by atoms with van der Waals surface area (Å²) < 4.78 is 0. The van der Waals surface area contributed by atoms with E-state index >= 15 is 0 Å². The zero-order valence-corrected chi connectivity index (χ0v) is 9.06. The topological polar surface area (TPSA) is 128 Å². The summed E-state index contributed by atoms with van der Waals surface area (Å²) in [5.41, 5.74) is 0. The van der Waals surface area contributed by atoms with E-state index in [1.807, 2.05) is 6.07 Å². The Morgan fingerprint density at radius 1 is 1.12 bits per heavy atom. The Hall–Kier alpha value is -0.750. The van der Waals surface area contributed by atoms with Gasteiger partial charge in [0.1, 0.15) is 18.3 Å². The quantitative estimate of drug-likeness (QED) is 0.295. The molecule has 0 aromatic heterocycles. The minimum Gasteiger partial charge on any atom is -0.394 e. The number of nitrogens with zero attached hydrogens (tertiary/aromatic N) is 2. The summed E-state index contributed by atoms with van der Waals surface area (Å²) in [4.78, 5) is 1.45. The van der Waals surface area contributed by atoms with Crippen molar-refractivity contribution in [1.82, 2.24) is 4.90 Å². The van der Waals surface area contributed by atoms with Gasteiger partial charge in [-0.1, -0.05) is 0 Å². The van der Waals surface area contributed by atoms with Gasteiger partial charge in [-0.05, 0) is 7.05 Å².